The van der Waals surface area contributed by atoms with Crippen LogP contribution in [0.25, 0.3) is 5.69 Å². The van der Waals surface area contributed by atoms with Crippen LogP contribution in [0.1, 0.15) is 19.5 Å². The minimum atomic E-state index is -0.423. The van der Waals surface area contributed by atoms with Crippen LogP contribution in [0.2, 0.25) is 0 Å². The molecule has 2 amide bonds. The van der Waals surface area contributed by atoms with Crippen molar-refractivity contribution in [1.82, 2.24) is 19.6 Å². The van der Waals surface area contributed by atoms with Gasteiger partial charge in [0.25, 0.3) is 0 Å². The maximum absolute atomic E-state index is 12.6. The first-order chi connectivity index (χ1) is 12.0. The Morgan fingerprint density at radius 1 is 1.20 bits per heavy atom. The van der Waals surface area contributed by atoms with Gasteiger partial charge >= 0.3 is 6.09 Å². The molecule has 1 aromatic heterocycles. The fourth-order valence-electron chi connectivity index (χ4n) is 2.97. The molecule has 132 valence electrons. The molecule has 25 heavy (non-hydrogen) atoms. The van der Waals surface area contributed by atoms with Crippen molar-refractivity contribution in [2.45, 2.75) is 26.8 Å². The topological polar surface area (TPSA) is 67.7 Å². The second kappa shape index (κ2) is 6.96. The summed E-state index contributed by atoms with van der Waals surface area (Å²) in [7, 11) is 0. The number of hydrogen-bond acceptors (Lipinski definition) is 4. The molecule has 2 heterocycles. The molecule has 1 fully saturated rings. The quantitative estimate of drug-likeness (QED) is 0.839. The highest BCUT2D eigenvalue weighted by molar-refractivity contribution is 5.75. The number of ether oxygens (including phenoxy) is 1. The van der Waals surface area contributed by atoms with Crippen molar-refractivity contribution in [3.63, 3.8) is 0 Å². The third-order valence-electron chi connectivity index (χ3n) is 4.30. The molecule has 0 spiro atoms. The van der Waals surface area contributed by atoms with Crippen molar-refractivity contribution in [2.24, 2.45) is 0 Å². The van der Waals surface area contributed by atoms with E-state index < -0.39 is 6.09 Å². The number of amides is 2. The van der Waals surface area contributed by atoms with Crippen LogP contribution in [0.4, 0.5) is 4.79 Å². The van der Waals surface area contributed by atoms with Gasteiger partial charge < -0.3 is 14.5 Å². The smallest absolute Gasteiger partial charge is 0.391 e. The number of carbonyl (C=O) groups is 2. The van der Waals surface area contributed by atoms with E-state index in [1.54, 1.807) is 27.5 Å². The highest BCUT2D eigenvalue weighted by Gasteiger charge is 2.30. The molecule has 7 nitrogen and oxygen atoms in total. The molecule has 1 atom stereocenters. The monoisotopic (exact) mass is 342 g/mol. The Morgan fingerprint density at radius 3 is 2.56 bits per heavy atom. The number of hydrogen-bond donors (Lipinski definition) is 0. The normalized spacial score (nSPS) is 17.5. The van der Waals surface area contributed by atoms with E-state index in [4.69, 9.17) is 4.74 Å². The number of nitrogens with zero attached hydrogens (tertiary/aromatic N) is 4. The lowest BCUT2D eigenvalue weighted by molar-refractivity contribution is -0.131. The van der Waals surface area contributed by atoms with Crippen LogP contribution in [-0.2, 0) is 4.79 Å². The lowest BCUT2D eigenvalue weighted by Gasteiger charge is -2.38. The number of carbonyl (C=O) groups excluding carboxylic acids is 2. The predicted octanol–water partition coefficient (Wildman–Crippen LogP) is 2.23. The summed E-state index contributed by atoms with van der Waals surface area (Å²) in [4.78, 5) is 27.5. The first-order valence-electron chi connectivity index (χ1n) is 8.32. The van der Waals surface area contributed by atoms with Gasteiger partial charge in [0.15, 0.2) is 0 Å². The average Bonchev–Trinajstić information content (AvgIpc) is 2.95. The second-order valence-electron chi connectivity index (χ2n) is 6.25. The molecule has 0 unspecified atom stereocenters. The lowest BCUT2D eigenvalue weighted by Crippen LogP contribution is -2.55. The summed E-state index contributed by atoms with van der Waals surface area (Å²) in [6, 6.07) is 11.2. The number of para-hydroxylation sites is 1. The first-order valence-corrected chi connectivity index (χ1v) is 8.32. The zero-order valence-corrected chi connectivity index (χ0v) is 14.7. The molecule has 0 bridgehead atoms. The van der Waals surface area contributed by atoms with Crippen LogP contribution in [0.3, 0.4) is 0 Å². The Morgan fingerprint density at radius 2 is 1.92 bits per heavy atom. The summed E-state index contributed by atoms with van der Waals surface area (Å²) >= 11 is 0. The Bertz CT molecular complexity index is 772. The van der Waals surface area contributed by atoms with Gasteiger partial charge in [-0.05, 0) is 26.0 Å². The zero-order chi connectivity index (χ0) is 18.0. The summed E-state index contributed by atoms with van der Waals surface area (Å²) in [6.07, 6.45) is -0.423. The minimum absolute atomic E-state index is 0.0256. The molecule has 3 rings (SSSR count). The van der Waals surface area contributed by atoms with Crippen LogP contribution in [0.5, 0.6) is 5.88 Å². The van der Waals surface area contributed by atoms with Crippen molar-refractivity contribution in [1.29, 1.82) is 0 Å². The zero-order valence-electron chi connectivity index (χ0n) is 14.7. The molecule has 2 aromatic rings. The van der Waals surface area contributed by atoms with Gasteiger partial charge in [0, 0.05) is 38.7 Å². The van der Waals surface area contributed by atoms with Gasteiger partial charge in [0.05, 0.1) is 11.4 Å². The summed E-state index contributed by atoms with van der Waals surface area (Å²) < 4.78 is 7.23. The van der Waals surface area contributed by atoms with Gasteiger partial charge in [0.2, 0.25) is 11.8 Å². The van der Waals surface area contributed by atoms with Crippen LogP contribution in [-0.4, -0.2) is 57.3 Å². The largest absolute Gasteiger partial charge is 0.416 e. The summed E-state index contributed by atoms with van der Waals surface area (Å²) in [5.74, 6) is 0.410. The Hall–Kier alpha value is -2.83. The third-order valence-corrected chi connectivity index (χ3v) is 4.30. The van der Waals surface area contributed by atoms with E-state index in [9.17, 15) is 9.59 Å². The van der Waals surface area contributed by atoms with Gasteiger partial charge in [-0.25, -0.2) is 9.48 Å². The van der Waals surface area contributed by atoms with Crippen LogP contribution in [0, 0.1) is 6.92 Å². The van der Waals surface area contributed by atoms with Crippen molar-refractivity contribution in [3.05, 3.63) is 42.1 Å². The van der Waals surface area contributed by atoms with E-state index in [0.717, 1.165) is 11.4 Å². The molecular formula is C18H22N4O3. The van der Waals surface area contributed by atoms with Gasteiger partial charge in [-0.1, -0.05) is 18.2 Å². The standard InChI is InChI=1S/C18H22N4O3/c1-13-11-17(22(19-13)16-7-5-4-6-8-16)25-18(24)21-10-9-20(15(3)23)12-14(21)2/h4-8,11,14H,9-10,12H2,1-3H3/t14-/m1/s1. The van der Waals surface area contributed by atoms with Crippen molar-refractivity contribution < 1.29 is 14.3 Å². The Kier molecular flexibility index (Phi) is 4.74. The van der Waals surface area contributed by atoms with Gasteiger partial charge in [0.1, 0.15) is 0 Å². The van der Waals surface area contributed by atoms with E-state index in [0.29, 0.717) is 25.5 Å². The van der Waals surface area contributed by atoms with E-state index in [1.807, 2.05) is 44.2 Å². The number of benzene rings is 1. The predicted molar refractivity (Wildman–Crippen MR) is 92.7 cm³/mol. The van der Waals surface area contributed by atoms with Crippen molar-refractivity contribution >= 4 is 12.0 Å². The fourth-order valence-corrected chi connectivity index (χ4v) is 2.97. The number of rotatable bonds is 2. The number of piperazine rings is 1. The van der Waals surface area contributed by atoms with E-state index in [1.165, 1.54) is 0 Å². The molecule has 1 aliphatic heterocycles. The average molecular weight is 342 g/mol. The van der Waals surface area contributed by atoms with Crippen molar-refractivity contribution in [2.75, 3.05) is 19.6 Å². The Labute approximate surface area is 146 Å². The summed E-state index contributed by atoms with van der Waals surface area (Å²) in [5, 5.41) is 4.40. The van der Waals surface area contributed by atoms with Crippen LogP contribution < -0.4 is 4.74 Å². The fraction of sp³-hybridized carbons (Fsp3) is 0.389. The molecule has 1 aliphatic rings. The minimum Gasteiger partial charge on any atom is -0.391 e. The molecule has 7 heteroatoms. The number of aromatic nitrogens is 2. The van der Waals surface area contributed by atoms with Gasteiger partial charge in [-0.15, -0.1) is 0 Å². The molecule has 0 saturated carbocycles. The SMILES string of the molecule is CC(=O)N1CCN(C(=O)Oc2cc(C)nn2-c2ccccc2)[C@H](C)C1. The molecule has 1 saturated heterocycles. The van der Waals surface area contributed by atoms with Gasteiger partial charge in [-0.2, -0.15) is 5.10 Å². The maximum atomic E-state index is 12.6. The summed E-state index contributed by atoms with van der Waals surface area (Å²) in [6.45, 7) is 6.80. The van der Waals surface area contributed by atoms with Crippen molar-refractivity contribution in [3.8, 4) is 11.6 Å². The number of aryl methyl sites for hydroxylation is 1. The summed E-state index contributed by atoms with van der Waals surface area (Å²) in [5.41, 5.74) is 1.59. The molecule has 1 aromatic carbocycles. The van der Waals surface area contributed by atoms with E-state index >= 15 is 0 Å². The van der Waals surface area contributed by atoms with Crippen LogP contribution >= 0.6 is 0 Å². The Balaban J connectivity index is 1.75. The molecule has 0 N–H and O–H groups in total. The van der Waals surface area contributed by atoms with E-state index in [-0.39, 0.29) is 11.9 Å². The lowest BCUT2D eigenvalue weighted by atomic mass is 10.2. The highest BCUT2D eigenvalue weighted by Crippen LogP contribution is 2.21. The molecule has 0 aliphatic carbocycles. The molecule has 0 radical (unpaired) electrons. The first kappa shape index (κ1) is 17.0. The second-order valence-corrected chi connectivity index (χ2v) is 6.25. The maximum Gasteiger partial charge on any atom is 0.416 e. The third kappa shape index (κ3) is 3.65. The van der Waals surface area contributed by atoms with Crippen LogP contribution in [0.15, 0.2) is 36.4 Å². The molecular weight excluding hydrogens is 320 g/mol. The van der Waals surface area contributed by atoms with Gasteiger partial charge in [-0.3, -0.25) is 4.79 Å². The highest BCUT2D eigenvalue weighted by atomic mass is 16.6. The van der Waals surface area contributed by atoms with E-state index in [2.05, 4.69) is 5.10 Å².